The van der Waals surface area contributed by atoms with Crippen LogP contribution in [0.4, 0.5) is 11.9 Å². The number of rotatable bonds is 10. The molecule has 0 unspecified atom stereocenters. The van der Waals surface area contributed by atoms with Crippen molar-refractivity contribution in [3.05, 3.63) is 0 Å². The van der Waals surface area contributed by atoms with Crippen LogP contribution in [0.1, 0.15) is 47.0 Å². The highest BCUT2D eigenvalue weighted by molar-refractivity contribution is 5.38. The first kappa shape index (κ1) is 17.5. The van der Waals surface area contributed by atoms with Crippen LogP contribution >= 0.6 is 0 Å². The van der Waals surface area contributed by atoms with Gasteiger partial charge in [-0.15, -0.1) is 0 Å². The maximum Gasteiger partial charge on any atom is 0.322 e. The van der Waals surface area contributed by atoms with Crippen molar-refractivity contribution in [1.82, 2.24) is 15.0 Å². The monoisotopic (exact) mass is 295 g/mol. The number of anilines is 2. The summed E-state index contributed by atoms with van der Waals surface area (Å²) in [5, 5.41) is 3.20. The third-order valence-electron chi connectivity index (χ3n) is 3.62. The predicted molar refractivity (Wildman–Crippen MR) is 87.1 cm³/mol. The van der Waals surface area contributed by atoms with Crippen molar-refractivity contribution in [3.63, 3.8) is 0 Å². The van der Waals surface area contributed by atoms with Crippen LogP contribution in [0.5, 0.6) is 6.01 Å². The van der Waals surface area contributed by atoms with Gasteiger partial charge in [0.25, 0.3) is 0 Å². The van der Waals surface area contributed by atoms with Crippen molar-refractivity contribution in [1.29, 1.82) is 0 Å². The normalized spacial score (nSPS) is 10.8. The number of nitrogens with zero attached hydrogens (tertiary/aromatic N) is 4. The van der Waals surface area contributed by atoms with E-state index in [1.807, 2.05) is 0 Å². The highest BCUT2D eigenvalue weighted by atomic mass is 16.5. The highest BCUT2D eigenvalue weighted by Crippen LogP contribution is 2.18. The van der Waals surface area contributed by atoms with Crippen molar-refractivity contribution in [2.24, 2.45) is 5.92 Å². The first-order valence-electron chi connectivity index (χ1n) is 7.97. The molecule has 0 aliphatic heterocycles. The average molecular weight is 295 g/mol. The van der Waals surface area contributed by atoms with Crippen LogP contribution in [0.25, 0.3) is 0 Å². The van der Waals surface area contributed by atoms with Gasteiger partial charge in [0.15, 0.2) is 0 Å². The molecule has 1 rings (SSSR count). The smallest absolute Gasteiger partial charge is 0.322 e. The molecule has 1 N–H and O–H groups in total. The summed E-state index contributed by atoms with van der Waals surface area (Å²) in [4.78, 5) is 15.4. The van der Waals surface area contributed by atoms with E-state index in [0.29, 0.717) is 23.8 Å². The Balaban J connectivity index is 2.95. The lowest BCUT2D eigenvalue weighted by Gasteiger charge is -2.25. The summed E-state index contributed by atoms with van der Waals surface area (Å²) < 4.78 is 5.20. The van der Waals surface area contributed by atoms with E-state index in [9.17, 15) is 0 Å². The summed E-state index contributed by atoms with van der Waals surface area (Å²) in [6.45, 7) is 11.4. The molecule has 0 bridgehead atoms. The van der Waals surface area contributed by atoms with Gasteiger partial charge in [0, 0.05) is 19.6 Å². The fourth-order valence-electron chi connectivity index (χ4n) is 2.11. The molecule has 6 heteroatoms. The molecule has 0 amide bonds. The average Bonchev–Trinajstić information content (AvgIpc) is 2.53. The molecule has 0 spiro atoms. The largest absolute Gasteiger partial charge is 0.467 e. The molecule has 21 heavy (non-hydrogen) atoms. The Morgan fingerprint density at radius 3 is 2.33 bits per heavy atom. The summed E-state index contributed by atoms with van der Waals surface area (Å²) in [5.41, 5.74) is 0. The molecule has 0 radical (unpaired) electrons. The number of hydrogen-bond donors (Lipinski definition) is 1. The second kappa shape index (κ2) is 9.37. The SMILES string of the molecule is CCCNc1nc(OC)nc(N(CC)CC(CC)CC)n1. The van der Waals surface area contributed by atoms with Crippen molar-refractivity contribution in [3.8, 4) is 6.01 Å². The molecule has 0 saturated heterocycles. The van der Waals surface area contributed by atoms with Crippen molar-refractivity contribution >= 4 is 11.9 Å². The lowest BCUT2D eigenvalue weighted by Crippen LogP contribution is -2.31. The van der Waals surface area contributed by atoms with Crippen LogP contribution in [0.15, 0.2) is 0 Å². The third kappa shape index (κ3) is 5.36. The zero-order valence-electron chi connectivity index (χ0n) is 14.0. The van der Waals surface area contributed by atoms with Crippen LogP contribution in [-0.4, -0.2) is 41.7 Å². The Morgan fingerprint density at radius 2 is 1.81 bits per heavy atom. The van der Waals surface area contributed by atoms with Crippen LogP contribution < -0.4 is 15.0 Å². The zero-order valence-corrected chi connectivity index (χ0v) is 14.0. The van der Waals surface area contributed by atoms with Crippen molar-refractivity contribution in [2.45, 2.75) is 47.0 Å². The zero-order chi connectivity index (χ0) is 15.7. The molecule has 1 aromatic heterocycles. The summed E-state index contributed by atoms with van der Waals surface area (Å²) in [6.07, 6.45) is 3.35. The minimum atomic E-state index is 0.363. The topological polar surface area (TPSA) is 63.2 Å². The van der Waals surface area contributed by atoms with E-state index < -0.39 is 0 Å². The number of ether oxygens (including phenoxy) is 1. The van der Waals surface area contributed by atoms with Crippen LogP contribution in [0.2, 0.25) is 0 Å². The second-order valence-electron chi connectivity index (χ2n) is 5.09. The van der Waals surface area contributed by atoms with Gasteiger partial charge in [-0.1, -0.05) is 33.6 Å². The van der Waals surface area contributed by atoms with Crippen LogP contribution in [0, 0.1) is 5.92 Å². The molecule has 120 valence electrons. The number of methoxy groups -OCH3 is 1. The van der Waals surface area contributed by atoms with Crippen molar-refractivity contribution in [2.75, 3.05) is 37.0 Å². The molecular weight excluding hydrogens is 266 g/mol. The fourth-order valence-corrected chi connectivity index (χ4v) is 2.11. The van der Waals surface area contributed by atoms with E-state index in [1.54, 1.807) is 7.11 Å². The van der Waals surface area contributed by atoms with E-state index >= 15 is 0 Å². The summed E-state index contributed by atoms with van der Waals surface area (Å²) in [5.74, 6) is 1.93. The predicted octanol–water partition coefficient (Wildman–Crippen LogP) is 2.96. The van der Waals surface area contributed by atoms with Gasteiger partial charge < -0.3 is 15.0 Å². The summed E-state index contributed by atoms with van der Waals surface area (Å²) >= 11 is 0. The molecule has 0 aromatic carbocycles. The summed E-state index contributed by atoms with van der Waals surface area (Å²) in [6, 6.07) is 0.363. The van der Waals surface area contributed by atoms with Gasteiger partial charge in [0.05, 0.1) is 7.11 Å². The second-order valence-corrected chi connectivity index (χ2v) is 5.09. The minimum absolute atomic E-state index is 0.363. The maximum atomic E-state index is 5.20. The molecule has 0 fully saturated rings. The van der Waals surface area contributed by atoms with Gasteiger partial charge in [-0.05, 0) is 19.3 Å². The molecule has 0 saturated carbocycles. The van der Waals surface area contributed by atoms with Crippen molar-refractivity contribution < 1.29 is 4.74 Å². The van der Waals surface area contributed by atoms with E-state index in [2.05, 4.69) is 52.9 Å². The van der Waals surface area contributed by atoms with E-state index in [-0.39, 0.29) is 0 Å². The Morgan fingerprint density at radius 1 is 1.10 bits per heavy atom. The van der Waals surface area contributed by atoms with Gasteiger partial charge in [0.2, 0.25) is 11.9 Å². The molecule has 0 aliphatic carbocycles. The lowest BCUT2D eigenvalue weighted by atomic mass is 10.0. The van der Waals surface area contributed by atoms with E-state index in [0.717, 1.165) is 38.9 Å². The van der Waals surface area contributed by atoms with Gasteiger partial charge in [-0.25, -0.2) is 0 Å². The Labute approximate surface area is 128 Å². The molecule has 6 nitrogen and oxygen atoms in total. The van der Waals surface area contributed by atoms with Crippen LogP contribution in [0.3, 0.4) is 0 Å². The number of aromatic nitrogens is 3. The van der Waals surface area contributed by atoms with Gasteiger partial charge >= 0.3 is 6.01 Å². The first-order valence-corrected chi connectivity index (χ1v) is 7.97. The number of nitrogens with one attached hydrogen (secondary N) is 1. The Bertz CT molecular complexity index is 409. The highest BCUT2D eigenvalue weighted by Gasteiger charge is 2.16. The molecular formula is C15H29N5O. The Hall–Kier alpha value is -1.59. The van der Waals surface area contributed by atoms with Gasteiger partial charge in [-0.3, -0.25) is 0 Å². The lowest BCUT2D eigenvalue weighted by molar-refractivity contribution is 0.378. The third-order valence-corrected chi connectivity index (χ3v) is 3.62. The van der Waals surface area contributed by atoms with Gasteiger partial charge in [-0.2, -0.15) is 15.0 Å². The molecule has 1 aromatic rings. The quantitative estimate of drug-likeness (QED) is 0.716. The standard InChI is InChI=1S/C15H29N5O/c1-6-10-16-13-17-14(19-15(18-13)21-5)20(9-4)11-12(7-2)8-3/h12H,6-11H2,1-5H3,(H,16,17,18,19). The number of hydrogen-bond acceptors (Lipinski definition) is 6. The summed E-state index contributed by atoms with van der Waals surface area (Å²) in [7, 11) is 1.58. The fraction of sp³-hybridized carbons (Fsp3) is 0.800. The molecule has 0 aliphatic rings. The minimum Gasteiger partial charge on any atom is -0.467 e. The first-order chi connectivity index (χ1) is 10.2. The Kier molecular flexibility index (Phi) is 7.79. The maximum absolute atomic E-state index is 5.20. The van der Waals surface area contributed by atoms with Crippen LogP contribution in [-0.2, 0) is 0 Å². The van der Waals surface area contributed by atoms with E-state index in [4.69, 9.17) is 4.74 Å². The molecule has 0 atom stereocenters. The molecule has 1 heterocycles. The van der Waals surface area contributed by atoms with Gasteiger partial charge in [0.1, 0.15) is 0 Å². The van der Waals surface area contributed by atoms with E-state index in [1.165, 1.54) is 0 Å².